The van der Waals surface area contributed by atoms with E-state index in [-0.39, 0.29) is 18.6 Å². The highest BCUT2D eigenvalue weighted by Crippen LogP contribution is 2.39. The van der Waals surface area contributed by atoms with Crippen LogP contribution in [0.2, 0.25) is 5.02 Å². The Morgan fingerprint density at radius 2 is 1.77 bits per heavy atom. The Morgan fingerprint density at radius 1 is 1.05 bits per heavy atom. The lowest BCUT2D eigenvalue weighted by atomic mass is 9.83. The molecule has 204 valence electrons. The third-order valence-electron chi connectivity index (χ3n) is 7.28. The molecule has 1 unspecified atom stereocenters. The molecule has 6 nitrogen and oxygen atoms in total. The molecule has 1 N–H and O–H groups in total. The smallest absolute Gasteiger partial charge is 0.341 e. The second kappa shape index (κ2) is 11.6. The molecular weight excluding hydrogens is 526 g/mol. The number of aromatic nitrogens is 2. The van der Waals surface area contributed by atoms with Crippen molar-refractivity contribution >= 4 is 28.6 Å². The molecule has 0 saturated heterocycles. The van der Waals surface area contributed by atoms with E-state index in [0.29, 0.717) is 33.4 Å². The highest BCUT2D eigenvalue weighted by Gasteiger charge is 2.30. The first-order valence-corrected chi connectivity index (χ1v) is 13.4. The van der Waals surface area contributed by atoms with E-state index in [4.69, 9.17) is 31.2 Å². The van der Waals surface area contributed by atoms with Gasteiger partial charge in [0.2, 0.25) is 0 Å². The van der Waals surface area contributed by atoms with Crippen molar-refractivity contribution in [3.63, 3.8) is 0 Å². The molecule has 9 heteroatoms. The quantitative estimate of drug-likeness (QED) is 0.230. The third kappa shape index (κ3) is 6.01. The molecule has 1 aliphatic carbocycles. The van der Waals surface area contributed by atoms with Crippen molar-refractivity contribution in [2.75, 3.05) is 13.2 Å². The Bertz CT molecular complexity index is 1480. The van der Waals surface area contributed by atoms with Gasteiger partial charge in [0.1, 0.15) is 23.9 Å². The molecular formula is C30H29ClF2N2O4. The number of rotatable bonds is 9. The number of fused-ring (bicyclic) bond motifs is 1. The molecule has 1 aromatic heterocycles. The largest absolute Gasteiger partial charge is 0.491 e. The van der Waals surface area contributed by atoms with E-state index in [2.05, 4.69) is 0 Å². The van der Waals surface area contributed by atoms with Gasteiger partial charge < -0.3 is 19.1 Å². The van der Waals surface area contributed by atoms with E-state index in [1.165, 1.54) is 6.07 Å². The van der Waals surface area contributed by atoms with Gasteiger partial charge >= 0.3 is 5.97 Å². The number of hydrogen-bond donors (Lipinski definition) is 1. The first-order valence-electron chi connectivity index (χ1n) is 13.0. The Kier molecular flexibility index (Phi) is 8.02. The van der Waals surface area contributed by atoms with Crippen LogP contribution in [0.3, 0.4) is 0 Å². The van der Waals surface area contributed by atoms with Crippen molar-refractivity contribution in [3.8, 4) is 22.9 Å². The normalized spacial score (nSPS) is 14.9. The van der Waals surface area contributed by atoms with Crippen LogP contribution in [0, 0.1) is 24.5 Å². The minimum atomic E-state index is -1.05. The van der Waals surface area contributed by atoms with Crippen molar-refractivity contribution in [1.29, 1.82) is 0 Å². The lowest BCUT2D eigenvalue weighted by Crippen LogP contribution is -2.28. The summed E-state index contributed by atoms with van der Waals surface area (Å²) in [4.78, 5) is 15.6. The molecule has 0 bridgehead atoms. The second-order valence-electron chi connectivity index (χ2n) is 9.95. The van der Waals surface area contributed by atoms with Gasteiger partial charge in [-0.05, 0) is 73.7 Å². The molecule has 1 atom stereocenters. The van der Waals surface area contributed by atoms with Crippen LogP contribution >= 0.6 is 11.6 Å². The predicted molar refractivity (Wildman–Crippen MR) is 146 cm³/mol. The number of carboxylic acids is 1. The van der Waals surface area contributed by atoms with Crippen molar-refractivity contribution in [1.82, 2.24) is 9.55 Å². The van der Waals surface area contributed by atoms with Crippen molar-refractivity contribution in [2.24, 2.45) is 5.92 Å². The van der Waals surface area contributed by atoms with Gasteiger partial charge in [0.05, 0.1) is 17.1 Å². The number of hydrogen-bond acceptors (Lipinski definition) is 4. The Hall–Kier alpha value is -3.65. The summed E-state index contributed by atoms with van der Waals surface area (Å²) < 4.78 is 42.4. The Balaban J connectivity index is 1.54. The average molecular weight is 555 g/mol. The van der Waals surface area contributed by atoms with Crippen molar-refractivity contribution < 1.29 is 28.2 Å². The van der Waals surface area contributed by atoms with Gasteiger partial charge in [-0.3, -0.25) is 0 Å². The number of nitrogens with zero attached hydrogens (tertiary/aromatic N) is 2. The number of halogens is 3. The van der Waals surface area contributed by atoms with Crippen LogP contribution in [0.4, 0.5) is 8.78 Å². The molecule has 1 aliphatic rings. The molecule has 4 aromatic rings. The fourth-order valence-electron chi connectivity index (χ4n) is 5.36. The second-order valence-corrected chi connectivity index (χ2v) is 10.4. The molecule has 1 saturated carbocycles. The monoisotopic (exact) mass is 554 g/mol. The van der Waals surface area contributed by atoms with Crippen LogP contribution in [0.15, 0.2) is 54.6 Å². The number of benzene rings is 3. The van der Waals surface area contributed by atoms with Gasteiger partial charge in [0.15, 0.2) is 18.2 Å². The van der Waals surface area contributed by atoms with Gasteiger partial charge in [-0.2, -0.15) is 0 Å². The molecule has 0 amide bonds. The first-order chi connectivity index (χ1) is 18.8. The average Bonchev–Trinajstić information content (AvgIpc) is 3.27. The number of carbonyl (C=O) groups is 1. The Labute approximate surface area is 230 Å². The van der Waals surface area contributed by atoms with E-state index >= 15 is 0 Å². The van der Waals surface area contributed by atoms with Gasteiger partial charge in [-0.15, -0.1) is 0 Å². The topological polar surface area (TPSA) is 73.6 Å². The zero-order chi connectivity index (χ0) is 27.5. The first kappa shape index (κ1) is 26.9. The summed E-state index contributed by atoms with van der Waals surface area (Å²) in [5.41, 5.74) is 2.41. The number of aryl methyl sites for hydroxylation is 1. The van der Waals surface area contributed by atoms with E-state index < -0.39 is 24.2 Å². The fraction of sp³-hybridized carbons (Fsp3) is 0.333. The van der Waals surface area contributed by atoms with Crippen LogP contribution in [0.1, 0.15) is 43.7 Å². The minimum absolute atomic E-state index is 0.200. The molecule has 0 radical (unpaired) electrons. The molecule has 1 heterocycles. The van der Waals surface area contributed by atoms with Gasteiger partial charge in [-0.1, -0.05) is 30.9 Å². The maximum atomic E-state index is 14.5. The molecule has 0 aliphatic heterocycles. The fourth-order valence-corrected chi connectivity index (χ4v) is 5.49. The van der Waals surface area contributed by atoms with E-state index in [1.54, 1.807) is 30.3 Å². The molecule has 5 rings (SSSR count). The zero-order valence-electron chi connectivity index (χ0n) is 21.5. The summed E-state index contributed by atoms with van der Waals surface area (Å²) in [7, 11) is 0. The molecule has 0 spiro atoms. The summed E-state index contributed by atoms with van der Waals surface area (Å²) in [6.07, 6.45) is 5.30. The van der Waals surface area contributed by atoms with Crippen LogP contribution in [0.5, 0.6) is 11.5 Å². The lowest BCUT2D eigenvalue weighted by Gasteiger charge is -2.32. The summed E-state index contributed by atoms with van der Waals surface area (Å²) in [5.74, 6) is -1.01. The zero-order valence-corrected chi connectivity index (χ0v) is 22.3. The van der Waals surface area contributed by atoms with Gasteiger partial charge in [-0.25, -0.2) is 18.6 Å². The predicted octanol–water partition coefficient (Wildman–Crippen LogP) is 7.61. The maximum absolute atomic E-state index is 14.5. The summed E-state index contributed by atoms with van der Waals surface area (Å²) in [6, 6.07) is 14.6. The van der Waals surface area contributed by atoms with Crippen molar-refractivity contribution in [3.05, 3.63) is 76.8 Å². The lowest BCUT2D eigenvalue weighted by molar-refractivity contribution is -0.139. The maximum Gasteiger partial charge on any atom is 0.341 e. The number of aliphatic carboxylic acids is 1. The van der Waals surface area contributed by atoms with E-state index in [9.17, 15) is 13.6 Å². The minimum Gasteiger partial charge on any atom is -0.491 e. The van der Waals surface area contributed by atoms with Crippen LogP contribution < -0.4 is 9.47 Å². The standard InChI is InChI=1S/C30H29ClF2N2O4/c1-18-13-22(11-12-28(18)39-17-29(36)37)38-16-27(19-5-3-2-4-6-19)35-26-15-24(33)23(32)14-25(26)34-30(35)20-7-9-21(31)10-8-20/h7-15,19,27H,2-6,16-17H2,1H3,(H,36,37). The third-order valence-corrected chi connectivity index (χ3v) is 7.53. The molecule has 39 heavy (non-hydrogen) atoms. The van der Waals surface area contributed by atoms with Crippen LogP contribution in [-0.4, -0.2) is 33.8 Å². The number of ether oxygens (including phenoxy) is 2. The summed E-state index contributed by atoms with van der Waals surface area (Å²) in [5, 5.41) is 9.48. The number of imidazole rings is 1. The number of carboxylic acid groups (broad SMARTS) is 1. The van der Waals surface area contributed by atoms with Crippen LogP contribution in [0.25, 0.3) is 22.4 Å². The van der Waals surface area contributed by atoms with Gasteiger partial charge in [0, 0.05) is 22.7 Å². The molecule has 1 fully saturated rings. The van der Waals surface area contributed by atoms with Gasteiger partial charge in [0.25, 0.3) is 0 Å². The van der Waals surface area contributed by atoms with E-state index in [1.807, 2.05) is 23.6 Å². The summed E-state index contributed by atoms with van der Waals surface area (Å²) in [6.45, 7) is 1.68. The summed E-state index contributed by atoms with van der Waals surface area (Å²) >= 11 is 6.14. The van der Waals surface area contributed by atoms with Crippen LogP contribution in [-0.2, 0) is 4.79 Å². The molecule has 3 aromatic carbocycles. The van der Waals surface area contributed by atoms with Crippen molar-refractivity contribution in [2.45, 2.75) is 45.1 Å². The highest BCUT2D eigenvalue weighted by molar-refractivity contribution is 6.30. The highest BCUT2D eigenvalue weighted by atomic mass is 35.5. The van der Waals surface area contributed by atoms with E-state index in [0.717, 1.165) is 49.3 Å². The SMILES string of the molecule is Cc1cc(OCC(C2CCCCC2)n2c(-c3ccc(Cl)cc3)nc3cc(F)c(F)cc32)ccc1OCC(=O)O. The Morgan fingerprint density at radius 3 is 2.46 bits per heavy atom.